The van der Waals surface area contributed by atoms with Gasteiger partial charge in [0, 0.05) is 51.5 Å². The Balaban J connectivity index is 2.00. The maximum absolute atomic E-state index is 12.9. The summed E-state index contributed by atoms with van der Waals surface area (Å²) >= 11 is 0. The van der Waals surface area contributed by atoms with E-state index in [9.17, 15) is 9.59 Å². The van der Waals surface area contributed by atoms with Crippen molar-refractivity contribution in [2.45, 2.75) is 39.7 Å². The van der Waals surface area contributed by atoms with Gasteiger partial charge in [-0.05, 0) is 33.6 Å². The summed E-state index contributed by atoms with van der Waals surface area (Å²) in [5, 5.41) is 4.46. The Bertz CT molecular complexity index is 633. The highest BCUT2D eigenvalue weighted by molar-refractivity contribution is 5.80. The molecule has 25 heavy (non-hydrogen) atoms. The quantitative estimate of drug-likeness (QED) is 0.806. The van der Waals surface area contributed by atoms with E-state index < -0.39 is 0 Å². The Kier molecular flexibility index (Phi) is 6.21. The summed E-state index contributed by atoms with van der Waals surface area (Å²) in [4.78, 5) is 28.4. The second-order valence-corrected chi connectivity index (χ2v) is 6.92. The number of amides is 2. The van der Waals surface area contributed by atoms with Gasteiger partial charge in [-0.2, -0.15) is 5.10 Å². The number of ether oxygens (including phenoxy) is 1. The molecule has 7 nitrogen and oxygen atoms in total. The van der Waals surface area contributed by atoms with Crippen molar-refractivity contribution in [1.29, 1.82) is 0 Å². The highest BCUT2D eigenvalue weighted by Crippen LogP contribution is 2.28. The summed E-state index contributed by atoms with van der Waals surface area (Å²) in [5.41, 5.74) is 3.17. The van der Waals surface area contributed by atoms with Gasteiger partial charge in [0.05, 0.1) is 11.7 Å². The van der Waals surface area contributed by atoms with Crippen LogP contribution in [0.4, 0.5) is 0 Å². The molecule has 140 valence electrons. The summed E-state index contributed by atoms with van der Waals surface area (Å²) in [7, 11) is 5.31. The number of rotatable bonds is 5. The molecule has 0 radical (unpaired) electrons. The Morgan fingerprint density at radius 3 is 2.40 bits per heavy atom. The number of carbonyl (C=O) groups excluding carboxylic acids is 2. The molecule has 0 saturated carbocycles. The third kappa shape index (κ3) is 4.03. The first-order valence-corrected chi connectivity index (χ1v) is 8.81. The Morgan fingerprint density at radius 1 is 1.32 bits per heavy atom. The van der Waals surface area contributed by atoms with Crippen LogP contribution in [0.3, 0.4) is 0 Å². The first-order chi connectivity index (χ1) is 11.8. The SMILES string of the molecule is COCC(=O)N1CCC(C(=O)N(C)[C@@H](C)c2c(C)nn(C)c2C)CC1. The van der Waals surface area contributed by atoms with Crippen LogP contribution in [0.5, 0.6) is 0 Å². The van der Waals surface area contributed by atoms with E-state index in [-0.39, 0.29) is 30.4 Å². The van der Waals surface area contributed by atoms with E-state index in [4.69, 9.17) is 4.74 Å². The summed E-state index contributed by atoms with van der Waals surface area (Å²) in [5.74, 6) is 0.113. The van der Waals surface area contributed by atoms with Crippen LogP contribution in [0, 0.1) is 19.8 Å². The number of nitrogens with zero attached hydrogens (tertiary/aromatic N) is 4. The molecule has 2 amide bonds. The molecule has 0 N–H and O–H groups in total. The topological polar surface area (TPSA) is 67.7 Å². The minimum Gasteiger partial charge on any atom is -0.375 e. The van der Waals surface area contributed by atoms with Gasteiger partial charge in [-0.25, -0.2) is 0 Å². The zero-order valence-electron chi connectivity index (χ0n) is 16.2. The molecule has 0 aliphatic carbocycles. The summed E-state index contributed by atoms with van der Waals surface area (Å²) in [6.07, 6.45) is 1.41. The number of piperidine rings is 1. The molecule has 2 rings (SSSR count). The van der Waals surface area contributed by atoms with E-state index >= 15 is 0 Å². The molecule has 0 aromatic carbocycles. The van der Waals surface area contributed by atoms with Gasteiger partial charge in [0.25, 0.3) is 0 Å². The van der Waals surface area contributed by atoms with Crippen LogP contribution in [0.15, 0.2) is 0 Å². The number of methoxy groups -OCH3 is 1. The lowest BCUT2D eigenvalue weighted by Gasteiger charge is -2.35. The highest BCUT2D eigenvalue weighted by atomic mass is 16.5. The van der Waals surface area contributed by atoms with Gasteiger partial charge in [0.15, 0.2) is 0 Å². The van der Waals surface area contributed by atoms with E-state index in [2.05, 4.69) is 5.10 Å². The summed E-state index contributed by atoms with van der Waals surface area (Å²) in [6, 6.07) is -0.0191. The van der Waals surface area contributed by atoms with E-state index in [0.29, 0.717) is 25.9 Å². The number of hydrogen-bond acceptors (Lipinski definition) is 4. The third-order valence-corrected chi connectivity index (χ3v) is 5.38. The summed E-state index contributed by atoms with van der Waals surface area (Å²) < 4.78 is 6.76. The minimum atomic E-state index is -0.0312. The molecule has 1 aromatic heterocycles. The molecule has 0 unspecified atom stereocenters. The molecule has 1 aliphatic heterocycles. The standard InChI is InChI=1S/C18H30N4O3/c1-12-17(14(3)21(5)19-12)13(2)20(4)18(24)15-7-9-22(10-8-15)16(23)11-25-6/h13,15H,7-11H2,1-6H3/t13-/m0/s1. The van der Waals surface area contributed by atoms with Crippen LogP contribution in [0.25, 0.3) is 0 Å². The fourth-order valence-corrected chi connectivity index (χ4v) is 3.66. The van der Waals surface area contributed by atoms with Gasteiger partial charge < -0.3 is 14.5 Å². The first kappa shape index (κ1) is 19.4. The van der Waals surface area contributed by atoms with Crippen molar-refractivity contribution >= 4 is 11.8 Å². The van der Waals surface area contributed by atoms with E-state index in [1.807, 2.05) is 44.4 Å². The van der Waals surface area contributed by atoms with Crippen molar-refractivity contribution in [2.75, 3.05) is 33.9 Å². The Hall–Kier alpha value is -1.89. The normalized spacial score (nSPS) is 16.8. The molecule has 1 aliphatic rings. The van der Waals surface area contributed by atoms with E-state index in [1.54, 1.807) is 4.90 Å². The summed E-state index contributed by atoms with van der Waals surface area (Å²) in [6.45, 7) is 7.40. The molecule has 7 heteroatoms. The average molecular weight is 350 g/mol. The minimum absolute atomic E-state index is 0.00303. The fraction of sp³-hybridized carbons (Fsp3) is 0.722. The number of aromatic nitrogens is 2. The monoisotopic (exact) mass is 350 g/mol. The largest absolute Gasteiger partial charge is 0.375 e. The first-order valence-electron chi connectivity index (χ1n) is 8.81. The Labute approximate surface area is 149 Å². The van der Waals surface area contributed by atoms with Crippen LogP contribution in [-0.4, -0.2) is 65.2 Å². The fourth-order valence-electron chi connectivity index (χ4n) is 3.66. The van der Waals surface area contributed by atoms with Crippen LogP contribution < -0.4 is 0 Å². The molecule has 1 saturated heterocycles. The van der Waals surface area contributed by atoms with E-state index in [1.165, 1.54) is 7.11 Å². The zero-order chi connectivity index (χ0) is 18.7. The van der Waals surface area contributed by atoms with Crippen LogP contribution in [-0.2, 0) is 21.4 Å². The number of aryl methyl sites for hydroxylation is 2. The molecule has 1 fully saturated rings. The van der Waals surface area contributed by atoms with Crippen molar-refractivity contribution in [1.82, 2.24) is 19.6 Å². The van der Waals surface area contributed by atoms with Crippen molar-refractivity contribution < 1.29 is 14.3 Å². The second kappa shape index (κ2) is 7.99. The maximum atomic E-state index is 12.9. The lowest BCUT2D eigenvalue weighted by atomic mass is 9.94. The lowest BCUT2D eigenvalue weighted by Crippen LogP contribution is -2.45. The predicted octanol–water partition coefficient (Wildman–Crippen LogP) is 1.44. The third-order valence-electron chi connectivity index (χ3n) is 5.38. The van der Waals surface area contributed by atoms with Gasteiger partial charge in [0.1, 0.15) is 6.61 Å². The van der Waals surface area contributed by atoms with Crippen LogP contribution in [0.2, 0.25) is 0 Å². The van der Waals surface area contributed by atoms with Gasteiger partial charge in [-0.15, -0.1) is 0 Å². The van der Waals surface area contributed by atoms with Crippen molar-refractivity contribution in [3.05, 3.63) is 17.0 Å². The van der Waals surface area contributed by atoms with Crippen molar-refractivity contribution in [3.63, 3.8) is 0 Å². The van der Waals surface area contributed by atoms with Crippen molar-refractivity contribution in [3.8, 4) is 0 Å². The number of hydrogen-bond donors (Lipinski definition) is 0. The Morgan fingerprint density at radius 2 is 1.92 bits per heavy atom. The van der Waals surface area contributed by atoms with Crippen molar-refractivity contribution in [2.24, 2.45) is 13.0 Å². The molecular weight excluding hydrogens is 320 g/mol. The zero-order valence-corrected chi connectivity index (χ0v) is 16.2. The van der Waals surface area contributed by atoms with Crippen LogP contribution >= 0.6 is 0 Å². The second-order valence-electron chi connectivity index (χ2n) is 6.92. The average Bonchev–Trinajstić information content (AvgIpc) is 2.85. The molecule has 0 bridgehead atoms. The molecule has 0 spiro atoms. The number of likely N-dealkylation sites (tertiary alicyclic amines) is 1. The number of carbonyl (C=O) groups is 2. The van der Waals surface area contributed by atoms with Gasteiger partial charge in [-0.3, -0.25) is 14.3 Å². The maximum Gasteiger partial charge on any atom is 0.248 e. The molecular formula is C18H30N4O3. The predicted molar refractivity (Wildman–Crippen MR) is 95.0 cm³/mol. The smallest absolute Gasteiger partial charge is 0.248 e. The molecule has 1 aromatic rings. The van der Waals surface area contributed by atoms with Gasteiger partial charge >= 0.3 is 0 Å². The van der Waals surface area contributed by atoms with Crippen LogP contribution in [0.1, 0.15) is 42.8 Å². The van der Waals surface area contributed by atoms with E-state index in [0.717, 1.165) is 17.0 Å². The molecule has 2 heterocycles. The van der Waals surface area contributed by atoms with Gasteiger partial charge in [-0.1, -0.05) is 0 Å². The molecule has 1 atom stereocenters. The van der Waals surface area contributed by atoms with Gasteiger partial charge in [0.2, 0.25) is 11.8 Å². The highest BCUT2D eigenvalue weighted by Gasteiger charge is 2.32. The lowest BCUT2D eigenvalue weighted by molar-refractivity contribution is -0.142.